The minimum Gasteiger partial charge on any atom is -0.381 e. The molecule has 0 aliphatic carbocycles. The third kappa shape index (κ3) is 3.82. The highest BCUT2D eigenvalue weighted by Crippen LogP contribution is 2.33. The average Bonchev–Trinajstić information content (AvgIpc) is 3.06. The van der Waals surface area contributed by atoms with Crippen molar-refractivity contribution < 1.29 is 14.4 Å². The quantitative estimate of drug-likeness (QED) is 0.616. The normalized spacial score (nSPS) is 22.5. The topological polar surface area (TPSA) is 64.8 Å². The van der Waals surface area contributed by atoms with Crippen molar-refractivity contribution in [3.05, 3.63) is 33.9 Å². The second kappa shape index (κ2) is 7.27. The van der Waals surface area contributed by atoms with E-state index in [9.17, 15) is 10.1 Å². The Morgan fingerprint density at radius 1 is 1.35 bits per heavy atom. The predicted octanol–water partition coefficient (Wildman–Crippen LogP) is 2.93. The van der Waals surface area contributed by atoms with Crippen molar-refractivity contribution in [2.75, 3.05) is 37.8 Å². The van der Waals surface area contributed by atoms with Crippen LogP contribution in [-0.4, -0.2) is 43.9 Å². The Hall–Kier alpha value is -1.66. The largest absolute Gasteiger partial charge is 0.381 e. The van der Waals surface area contributed by atoms with Gasteiger partial charge in [0.25, 0.3) is 5.69 Å². The van der Waals surface area contributed by atoms with Crippen LogP contribution in [0.1, 0.15) is 24.8 Å². The second-order valence-corrected chi connectivity index (χ2v) is 6.45. The molecule has 0 bridgehead atoms. The smallest absolute Gasteiger partial charge is 0.295 e. The molecule has 2 fully saturated rings. The molecule has 1 aromatic rings. The van der Waals surface area contributed by atoms with Crippen LogP contribution in [0.15, 0.2) is 18.2 Å². The van der Waals surface area contributed by atoms with Crippen molar-refractivity contribution in [2.24, 2.45) is 5.92 Å². The number of piperidine rings is 1. The summed E-state index contributed by atoms with van der Waals surface area (Å²) in [7, 11) is 0. The summed E-state index contributed by atoms with van der Waals surface area (Å²) in [6.45, 7) is 5.83. The molecule has 3 rings (SSSR count). The highest BCUT2D eigenvalue weighted by molar-refractivity contribution is 5.66. The molecule has 6 nitrogen and oxygen atoms in total. The van der Waals surface area contributed by atoms with Crippen LogP contribution in [0.2, 0.25) is 0 Å². The molecule has 2 saturated heterocycles. The Morgan fingerprint density at radius 3 is 2.78 bits per heavy atom. The molecule has 0 radical (unpaired) electrons. The summed E-state index contributed by atoms with van der Waals surface area (Å²) in [4.78, 5) is 13.2. The van der Waals surface area contributed by atoms with Crippen molar-refractivity contribution in [2.45, 2.75) is 32.3 Å². The Labute approximate surface area is 136 Å². The highest BCUT2D eigenvalue weighted by atomic mass is 16.6. The van der Waals surface area contributed by atoms with Crippen LogP contribution in [0.5, 0.6) is 0 Å². The molecule has 1 atom stereocenters. The van der Waals surface area contributed by atoms with E-state index in [1.54, 1.807) is 13.0 Å². The van der Waals surface area contributed by atoms with Crippen LogP contribution >= 0.6 is 0 Å². The Balaban J connectivity index is 1.56. The zero-order valence-corrected chi connectivity index (χ0v) is 13.6. The van der Waals surface area contributed by atoms with E-state index in [-0.39, 0.29) is 16.7 Å². The van der Waals surface area contributed by atoms with E-state index in [4.69, 9.17) is 9.47 Å². The van der Waals surface area contributed by atoms with E-state index in [0.29, 0.717) is 11.5 Å². The molecule has 23 heavy (non-hydrogen) atoms. The molecule has 0 unspecified atom stereocenters. The fourth-order valence-corrected chi connectivity index (χ4v) is 3.39. The molecule has 6 heteroatoms. The molecule has 0 amide bonds. The summed E-state index contributed by atoms with van der Waals surface area (Å²) < 4.78 is 11.4. The number of hydrogen-bond acceptors (Lipinski definition) is 5. The lowest BCUT2D eigenvalue weighted by atomic mass is 10.0. The summed E-state index contributed by atoms with van der Waals surface area (Å²) in [6.07, 6.45) is 3.18. The van der Waals surface area contributed by atoms with Crippen molar-refractivity contribution in [3.63, 3.8) is 0 Å². The summed E-state index contributed by atoms with van der Waals surface area (Å²) in [6, 6.07) is 5.53. The number of hydrogen-bond donors (Lipinski definition) is 0. The van der Waals surface area contributed by atoms with Gasteiger partial charge in [0, 0.05) is 31.2 Å². The van der Waals surface area contributed by atoms with Crippen LogP contribution in [0.4, 0.5) is 11.4 Å². The Morgan fingerprint density at radius 2 is 2.13 bits per heavy atom. The van der Waals surface area contributed by atoms with Crippen LogP contribution < -0.4 is 4.90 Å². The first-order valence-electron chi connectivity index (χ1n) is 8.33. The van der Waals surface area contributed by atoms with Crippen molar-refractivity contribution >= 4 is 11.4 Å². The van der Waals surface area contributed by atoms with Crippen LogP contribution in [0, 0.1) is 23.0 Å². The molecule has 2 heterocycles. The maximum absolute atomic E-state index is 11.3. The van der Waals surface area contributed by atoms with Crippen LogP contribution in [0.25, 0.3) is 0 Å². The summed E-state index contributed by atoms with van der Waals surface area (Å²) in [5.41, 5.74) is 1.68. The van der Waals surface area contributed by atoms with Crippen LogP contribution in [0.3, 0.4) is 0 Å². The van der Waals surface area contributed by atoms with E-state index in [2.05, 4.69) is 4.90 Å². The minimum absolute atomic E-state index is 0.231. The number of nitrogens with zero attached hydrogens (tertiary/aromatic N) is 2. The van der Waals surface area contributed by atoms with Gasteiger partial charge in [-0.3, -0.25) is 10.1 Å². The first-order chi connectivity index (χ1) is 11.1. The lowest BCUT2D eigenvalue weighted by Gasteiger charge is -2.33. The molecular weight excluding hydrogens is 296 g/mol. The number of rotatable bonds is 5. The van der Waals surface area contributed by atoms with Gasteiger partial charge in [-0.05, 0) is 32.3 Å². The van der Waals surface area contributed by atoms with Gasteiger partial charge in [0.2, 0.25) is 0 Å². The third-order valence-corrected chi connectivity index (χ3v) is 4.77. The highest BCUT2D eigenvalue weighted by Gasteiger charge is 2.27. The van der Waals surface area contributed by atoms with Gasteiger partial charge in [-0.1, -0.05) is 12.1 Å². The van der Waals surface area contributed by atoms with Crippen molar-refractivity contribution in [1.82, 2.24) is 0 Å². The number of anilines is 1. The summed E-state index contributed by atoms with van der Waals surface area (Å²) in [5, 5.41) is 11.3. The molecule has 0 N–H and O–H groups in total. The number of benzene rings is 1. The maximum Gasteiger partial charge on any atom is 0.295 e. The number of aryl methyl sites for hydroxylation is 1. The number of ether oxygens (including phenoxy) is 2. The number of nitro benzene ring substituents is 1. The molecule has 126 valence electrons. The van der Waals surface area contributed by atoms with Gasteiger partial charge in [0.15, 0.2) is 0 Å². The molecule has 2 aliphatic rings. The van der Waals surface area contributed by atoms with Gasteiger partial charge in [0.05, 0.1) is 24.2 Å². The van der Waals surface area contributed by atoms with Gasteiger partial charge in [-0.2, -0.15) is 0 Å². The molecule has 0 aromatic heterocycles. The second-order valence-electron chi connectivity index (χ2n) is 6.45. The standard InChI is InChI=1S/C17H24N2O4/c1-13-3-2-4-16(17(13)19(20)21)18-8-5-15(6-9-18)23-12-14-7-10-22-11-14/h2-4,14-15H,5-12H2,1H3/t14-/m1/s1. The number of nitro groups is 1. The van der Waals surface area contributed by atoms with Gasteiger partial charge in [-0.25, -0.2) is 0 Å². The fourth-order valence-electron chi connectivity index (χ4n) is 3.39. The summed E-state index contributed by atoms with van der Waals surface area (Å²) >= 11 is 0. The van der Waals surface area contributed by atoms with Gasteiger partial charge in [-0.15, -0.1) is 0 Å². The molecular formula is C17H24N2O4. The van der Waals surface area contributed by atoms with E-state index < -0.39 is 0 Å². The van der Waals surface area contributed by atoms with Crippen molar-refractivity contribution in [1.29, 1.82) is 0 Å². The lowest BCUT2D eigenvalue weighted by Crippen LogP contribution is -2.38. The predicted molar refractivity (Wildman–Crippen MR) is 87.9 cm³/mol. The van der Waals surface area contributed by atoms with E-state index in [0.717, 1.165) is 57.9 Å². The molecule has 1 aromatic carbocycles. The summed E-state index contributed by atoms with van der Waals surface area (Å²) in [5.74, 6) is 0.533. The Bertz CT molecular complexity index is 550. The van der Waals surface area contributed by atoms with Gasteiger partial charge >= 0.3 is 0 Å². The number of para-hydroxylation sites is 1. The van der Waals surface area contributed by atoms with Gasteiger partial charge < -0.3 is 14.4 Å². The first-order valence-corrected chi connectivity index (χ1v) is 8.33. The third-order valence-electron chi connectivity index (χ3n) is 4.77. The molecule has 2 aliphatic heterocycles. The minimum atomic E-state index is -0.270. The van der Waals surface area contributed by atoms with Crippen molar-refractivity contribution in [3.8, 4) is 0 Å². The zero-order valence-electron chi connectivity index (χ0n) is 13.6. The monoisotopic (exact) mass is 320 g/mol. The van der Waals surface area contributed by atoms with E-state index in [1.165, 1.54) is 0 Å². The van der Waals surface area contributed by atoms with Crippen LogP contribution in [-0.2, 0) is 9.47 Å². The lowest BCUT2D eigenvalue weighted by molar-refractivity contribution is -0.384. The first kappa shape index (κ1) is 16.2. The average molecular weight is 320 g/mol. The zero-order chi connectivity index (χ0) is 16.2. The molecule has 0 spiro atoms. The molecule has 0 saturated carbocycles. The van der Waals surface area contributed by atoms with Gasteiger partial charge in [0.1, 0.15) is 5.69 Å². The maximum atomic E-state index is 11.3. The Kier molecular flexibility index (Phi) is 5.13. The van der Waals surface area contributed by atoms with E-state index >= 15 is 0 Å². The van der Waals surface area contributed by atoms with E-state index in [1.807, 2.05) is 12.1 Å². The SMILES string of the molecule is Cc1cccc(N2CCC(OC[C@@H]3CCOC3)CC2)c1[N+](=O)[O-]. The fraction of sp³-hybridized carbons (Fsp3) is 0.647.